The van der Waals surface area contributed by atoms with Crippen LogP contribution in [-0.2, 0) is 17.8 Å². The van der Waals surface area contributed by atoms with Gasteiger partial charge in [-0.1, -0.05) is 48.9 Å². The largest absolute Gasteiger partial charge is 0.355 e. The first-order chi connectivity index (χ1) is 17.9. The zero-order valence-corrected chi connectivity index (χ0v) is 21.7. The molecule has 0 radical (unpaired) electrons. The number of hydrogen-bond donors (Lipinski definition) is 1. The van der Waals surface area contributed by atoms with Crippen molar-refractivity contribution in [2.75, 3.05) is 19.6 Å². The molecule has 0 aliphatic carbocycles. The lowest BCUT2D eigenvalue weighted by Crippen LogP contribution is -2.49. The molecule has 0 saturated carbocycles. The summed E-state index contributed by atoms with van der Waals surface area (Å²) in [7, 11) is 0. The molecule has 1 aliphatic heterocycles. The Bertz CT molecular complexity index is 1390. The van der Waals surface area contributed by atoms with Gasteiger partial charge in [-0.15, -0.1) is 0 Å². The van der Waals surface area contributed by atoms with Crippen LogP contribution >= 0.6 is 11.6 Å². The lowest BCUT2D eigenvalue weighted by Gasteiger charge is -2.38. The van der Waals surface area contributed by atoms with E-state index in [2.05, 4.69) is 14.9 Å². The standard InChI is InChI=1S/C30H31ClN4O2/c1-30(29(37)33-17-12-22-10-15-32-16-11-22)13-18-34(19-14-30)28(36)27-20-24-4-2-3-5-26(24)35(27)21-23-6-8-25(31)9-7-23/h2-11,15-16,20H,12-14,17-19,21H2,1H3,(H,33,37). The van der Waals surface area contributed by atoms with E-state index in [1.807, 2.05) is 78.6 Å². The van der Waals surface area contributed by atoms with E-state index in [0.29, 0.717) is 49.7 Å². The molecule has 7 heteroatoms. The second kappa shape index (κ2) is 10.8. The molecule has 0 bridgehead atoms. The van der Waals surface area contributed by atoms with Gasteiger partial charge in [0.05, 0.1) is 0 Å². The van der Waals surface area contributed by atoms with Crippen LogP contribution in [0.2, 0.25) is 5.02 Å². The van der Waals surface area contributed by atoms with Gasteiger partial charge in [-0.05, 0) is 66.8 Å². The predicted molar refractivity (Wildman–Crippen MR) is 147 cm³/mol. The number of carbonyl (C=O) groups excluding carboxylic acids is 2. The van der Waals surface area contributed by atoms with Gasteiger partial charge in [0.1, 0.15) is 5.69 Å². The zero-order chi connectivity index (χ0) is 25.8. The number of aromatic nitrogens is 2. The van der Waals surface area contributed by atoms with Gasteiger partial charge in [0.2, 0.25) is 5.91 Å². The van der Waals surface area contributed by atoms with Gasteiger partial charge in [0.25, 0.3) is 5.91 Å². The van der Waals surface area contributed by atoms with Crippen molar-refractivity contribution in [3.05, 3.63) is 101 Å². The summed E-state index contributed by atoms with van der Waals surface area (Å²) >= 11 is 6.07. The minimum atomic E-state index is -0.481. The van der Waals surface area contributed by atoms with Gasteiger partial charge < -0.3 is 14.8 Å². The number of carbonyl (C=O) groups is 2. The highest BCUT2D eigenvalue weighted by molar-refractivity contribution is 6.30. The summed E-state index contributed by atoms with van der Waals surface area (Å²) in [6, 6.07) is 21.7. The second-order valence-electron chi connectivity index (χ2n) is 10.0. The number of halogens is 1. The highest BCUT2D eigenvalue weighted by atomic mass is 35.5. The Hall–Kier alpha value is -3.64. The van der Waals surface area contributed by atoms with E-state index in [4.69, 9.17) is 11.6 Å². The van der Waals surface area contributed by atoms with Gasteiger partial charge in [0.15, 0.2) is 0 Å². The molecule has 190 valence electrons. The summed E-state index contributed by atoms with van der Waals surface area (Å²) in [6.45, 7) is 4.28. The van der Waals surface area contributed by atoms with Crippen molar-refractivity contribution in [1.82, 2.24) is 19.8 Å². The zero-order valence-electron chi connectivity index (χ0n) is 21.0. The van der Waals surface area contributed by atoms with E-state index < -0.39 is 5.41 Å². The average Bonchev–Trinajstić information content (AvgIpc) is 3.29. The van der Waals surface area contributed by atoms with Crippen molar-refractivity contribution in [3.63, 3.8) is 0 Å². The molecule has 0 spiro atoms. The number of pyridine rings is 1. The molecule has 6 nitrogen and oxygen atoms in total. The molecule has 0 unspecified atom stereocenters. The van der Waals surface area contributed by atoms with Crippen LogP contribution in [0.1, 0.15) is 41.4 Å². The minimum absolute atomic E-state index is 0.00492. The van der Waals surface area contributed by atoms with Crippen LogP contribution in [0.3, 0.4) is 0 Å². The van der Waals surface area contributed by atoms with Crippen LogP contribution in [0.5, 0.6) is 0 Å². The van der Waals surface area contributed by atoms with Gasteiger partial charge in [-0.2, -0.15) is 0 Å². The Balaban J connectivity index is 1.26. The molecular weight excluding hydrogens is 484 g/mol. The van der Waals surface area contributed by atoms with Crippen molar-refractivity contribution >= 4 is 34.3 Å². The number of amides is 2. The van der Waals surface area contributed by atoms with Crippen LogP contribution in [0.15, 0.2) is 79.1 Å². The Morgan fingerprint density at radius 1 is 0.973 bits per heavy atom. The number of nitrogens with one attached hydrogen (secondary N) is 1. The molecule has 2 aromatic carbocycles. The fourth-order valence-electron chi connectivity index (χ4n) is 5.01. The number of hydrogen-bond acceptors (Lipinski definition) is 3. The SMILES string of the molecule is CC1(C(=O)NCCc2ccncc2)CCN(C(=O)c2cc3ccccc3n2Cc2ccc(Cl)cc2)CC1. The summed E-state index contributed by atoms with van der Waals surface area (Å²) in [6.07, 6.45) is 5.57. The monoisotopic (exact) mass is 514 g/mol. The van der Waals surface area contributed by atoms with Gasteiger partial charge in [0, 0.05) is 59.9 Å². The van der Waals surface area contributed by atoms with Gasteiger partial charge >= 0.3 is 0 Å². The molecule has 3 heterocycles. The van der Waals surface area contributed by atoms with Crippen LogP contribution in [0.25, 0.3) is 10.9 Å². The van der Waals surface area contributed by atoms with E-state index in [0.717, 1.165) is 28.5 Å². The number of rotatable bonds is 7. The third kappa shape index (κ3) is 5.54. The van der Waals surface area contributed by atoms with Crippen LogP contribution < -0.4 is 5.32 Å². The van der Waals surface area contributed by atoms with Crippen molar-refractivity contribution in [2.24, 2.45) is 5.41 Å². The average molecular weight is 515 g/mol. The Labute approximate surface area is 222 Å². The molecule has 1 N–H and O–H groups in total. The summed E-state index contributed by atoms with van der Waals surface area (Å²) < 4.78 is 2.08. The molecule has 1 fully saturated rings. The van der Waals surface area contributed by atoms with Gasteiger partial charge in [-0.3, -0.25) is 14.6 Å². The summed E-state index contributed by atoms with van der Waals surface area (Å²) in [5.74, 6) is 0.0656. The molecule has 1 aliphatic rings. The summed E-state index contributed by atoms with van der Waals surface area (Å²) in [5, 5.41) is 4.83. The Morgan fingerprint density at radius 3 is 2.41 bits per heavy atom. The summed E-state index contributed by atoms with van der Waals surface area (Å²) in [5.41, 5.74) is 3.44. The molecule has 1 saturated heterocycles. The Kier molecular flexibility index (Phi) is 7.28. The second-order valence-corrected chi connectivity index (χ2v) is 10.5. The summed E-state index contributed by atoms with van der Waals surface area (Å²) in [4.78, 5) is 32.7. The molecule has 2 aromatic heterocycles. The third-order valence-corrected chi connectivity index (χ3v) is 7.69. The van der Waals surface area contributed by atoms with Crippen LogP contribution in [0.4, 0.5) is 0 Å². The molecule has 2 amide bonds. The molecular formula is C30H31ClN4O2. The fourth-order valence-corrected chi connectivity index (χ4v) is 5.13. The molecule has 5 rings (SSSR count). The number of likely N-dealkylation sites (tertiary alicyclic amines) is 1. The smallest absolute Gasteiger partial charge is 0.270 e. The maximum absolute atomic E-state index is 13.7. The molecule has 0 atom stereocenters. The highest BCUT2D eigenvalue weighted by Gasteiger charge is 2.38. The lowest BCUT2D eigenvalue weighted by atomic mass is 9.79. The topological polar surface area (TPSA) is 67.2 Å². The Morgan fingerprint density at radius 2 is 1.68 bits per heavy atom. The van der Waals surface area contributed by atoms with E-state index in [9.17, 15) is 9.59 Å². The van der Waals surface area contributed by atoms with Crippen molar-refractivity contribution in [1.29, 1.82) is 0 Å². The minimum Gasteiger partial charge on any atom is -0.355 e. The normalized spacial score (nSPS) is 15.0. The van der Waals surface area contributed by atoms with Crippen molar-refractivity contribution in [3.8, 4) is 0 Å². The number of nitrogens with zero attached hydrogens (tertiary/aromatic N) is 3. The van der Waals surface area contributed by atoms with E-state index >= 15 is 0 Å². The van der Waals surface area contributed by atoms with Gasteiger partial charge in [-0.25, -0.2) is 0 Å². The molecule has 37 heavy (non-hydrogen) atoms. The van der Waals surface area contributed by atoms with E-state index in [-0.39, 0.29) is 11.8 Å². The van der Waals surface area contributed by atoms with Crippen LogP contribution in [0, 0.1) is 5.41 Å². The van der Waals surface area contributed by atoms with E-state index in [1.165, 1.54) is 0 Å². The highest BCUT2D eigenvalue weighted by Crippen LogP contribution is 2.32. The van der Waals surface area contributed by atoms with Crippen LogP contribution in [-0.4, -0.2) is 45.9 Å². The maximum Gasteiger partial charge on any atom is 0.270 e. The first-order valence-corrected chi connectivity index (χ1v) is 13.1. The predicted octanol–water partition coefficient (Wildman–Crippen LogP) is 5.34. The number of piperidine rings is 1. The molecule has 4 aromatic rings. The van der Waals surface area contributed by atoms with E-state index in [1.54, 1.807) is 12.4 Å². The number of para-hydroxylation sites is 1. The first kappa shape index (κ1) is 25.0. The number of benzene rings is 2. The fraction of sp³-hybridized carbons (Fsp3) is 0.300. The van der Waals surface area contributed by atoms with Crippen molar-refractivity contribution < 1.29 is 9.59 Å². The number of fused-ring (bicyclic) bond motifs is 1. The maximum atomic E-state index is 13.7. The third-order valence-electron chi connectivity index (χ3n) is 7.43. The quantitative estimate of drug-likeness (QED) is 0.362. The first-order valence-electron chi connectivity index (χ1n) is 12.7. The lowest BCUT2D eigenvalue weighted by molar-refractivity contribution is -0.132. The van der Waals surface area contributed by atoms with Crippen molar-refractivity contribution in [2.45, 2.75) is 32.7 Å².